The zero-order valence-electron chi connectivity index (χ0n) is 18.3. The number of amides is 1. The summed E-state index contributed by atoms with van der Waals surface area (Å²) in [5.74, 6) is 1.45. The Balaban J connectivity index is 1.08. The fraction of sp³-hybridized carbons (Fsp3) is 0.333. The van der Waals surface area contributed by atoms with Crippen LogP contribution in [0.3, 0.4) is 0 Å². The molecular formula is C24H24N4O2S3. The first kappa shape index (κ1) is 22.3. The van der Waals surface area contributed by atoms with E-state index in [1.807, 2.05) is 0 Å². The van der Waals surface area contributed by atoms with Gasteiger partial charge in [0.2, 0.25) is 5.91 Å². The van der Waals surface area contributed by atoms with Crippen LogP contribution in [-0.2, 0) is 29.8 Å². The zero-order valence-corrected chi connectivity index (χ0v) is 20.7. The summed E-state index contributed by atoms with van der Waals surface area (Å²) < 4.78 is 0. The second-order valence-corrected chi connectivity index (χ2v) is 11.1. The van der Waals surface area contributed by atoms with Gasteiger partial charge < -0.3 is 10.3 Å². The van der Waals surface area contributed by atoms with Crippen LogP contribution in [0.1, 0.15) is 33.9 Å². The molecule has 1 aliphatic carbocycles. The molecule has 0 atom stereocenters. The highest BCUT2D eigenvalue weighted by Gasteiger charge is 2.21. The molecule has 6 nitrogen and oxygen atoms in total. The first-order chi connectivity index (χ1) is 16.1. The average Bonchev–Trinajstić information content (AvgIpc) is 3.50. The van der Waals surface area contributed by atoms with E-state index >= 15 is 0 Å². The standard InChI is InChI=1S/C24H24N4O2S3/c1-14-5-7-15(8-6-14)23-26-16(11-32-23)9-10-25-20(29)13-31-12-19-27-22(30)21-17-3-2-4-18(17)33-24(21)28-19/h5-8,11H,2-4,9-10,12-13H2,1H3,(H,25,29)(H,27,28,30). The topological polar surface area (TPSA) is 87.7 Å². The summed E-state index contributed by atoms with van der Waals surface area (Å²) in [6, 6.07) is 8.35. The van der Waals surface area contributed by atoms with Gasteiger partial charge in [0.1, 0.15) is 15.7 Å². The lowest BCUT2D eigenvalue weighted by atomic mass is 10.2. The quantitative estimate of drug-likeness (QED) is 0.375. The van der Waals surface area contributed by atoms with E-state index in [1.54, 1.807) is 22.7 Å². The number of carbonyl (C=O) groups is 1. The number of aryl methyl sites for hydroxylation is 3. The van der Waals surface area contributed by atoms with Crippen molar-refractivity contribution in [2.75, 3.05) is 12.3 Å². The number of nitrogens with zero attached hydrogens (tertiary/aromatic N) is 2. The van der Waals surface area contributed by atoms with E-state index in [-0.39, 0.29) is 11.5 Å². The second kappa shape index (κ2) is 9.79. The summed E-state index contributed by atoms with van der Waals surface area (Å²) in [6.45, 7) is 2.62. The van der Waals surface area contributed by atoms with Gasteiger partial charge in [-0.3, -0.25) is 9.59 Å². The van der Waals surface area contributed by atoms with Crippen molar-refractivity contribution in [1.82, 2.24) is 20.3 Å². The number of aromatic nitrogens is 3. The third kappa shape index (κ3) is 5.05. The molecule has 9 heteroatoms. The molecule has 1 aromatic carbocycles. The van der Waals surface area contributed by atoms with Gasteiger partial charge in [-0.2, -0.15) is 0 Å². The lowest BCUT2D eigenvalue weighted by molar-refractivity contribution is -0.118. The van der Waals surface area contributed by atoms with Crippen molar-refractivity contribution in [3.05, 3.63) is 67.5 Å². The number of thiazole rings is 1. The van der Waals surface area contributed by atoms with Gasteiger partial charge in [-0.05, 0) is 31.7 Å². The number of rotatable bonds is 8. The molecule has 3 aromatic heterocycles. The molecule has 0 aliphatic heterocycles. The maximum Gasteiger partial charge on any atom is 0.259 e. The van der Waals surface area contributed by atoms with Crippen LogP contribution < -0.4 is 10.9 Å². The van der Waals surface area contributed by atoms with Crippen molar-refractivity contribution in [2.45, 2.75) is 38.4 Å². The monoisotopic (exact) mass is 496 g/mol. The Morgan fingerprint density at radius 1 is 1.21 bits per heavy atom. The normalized spacial score (nSPS) is 12.9. The van der Waals surface area contributed by atoms with Gasteiger partial charge in [-0.1, -0.05) is 29.8 Å². The molecule has 1 amide bonds. The number of hydrogen-bond acceptors (Lipinski definition) is 7. The molecule has 1 aliphatic rings. The number of thioether (sulfide) groups is 1. The molecule has 0 spiro atoms. The van der Waals surface area contributed by atoms with Crippen molar-refractivity contribution in [2.24, 2.45) is 0 Å². The Labute approximate surface area is 203 Å². The highest BCUT2D eigenvalue weighted by molar-refractivity contribution is 7.99. The molecule has 170 valence electrons. The van der Waals surface area contributed by atoms with E-state index < -0.39 is 0 Å². The minimum absolute atomic E-state index is 0.0208. The van der Waals surface area contributed by atoms with Gasteiger partial charge in [0.15, 0.2) is 0 Å². The predicted molar refractivity (Wildman–Crippen MR) is 137 cm³/mol. The van der Waals surface area contributed by atoms with Gasteiger partial charge in [0.25, 0.3) is 5.56 Å². The van der Waals surface area contributed by atoms with Crippen LogP contribution in [0, 0.1) is 6.92 Å². The number of carbonyl (C=O) groups excluding carboxylic acids is 1. The van der Waals surface area contributed by atoms with Gasteiger partial charge in [-0.25, -0.2) is 9.97 Å². The van der Waals surface area contributed by atoms with E-state index in [9.17, 15) is 9.59 Å². The molecule has 0 unspecified atom stereocenters. The lowest BCUT2D eigenvalue weighted by Crippen LogP contribution is -2.27. The summed E-state index contributed by atoms with van der Waals surface area (Å²) in [4.78, 5) is 39.1. The Morgan fingerprint density at radius 3 is 2.91 bits per heavy atom. The summed E-state index contributed by atoms with van der Waals surface area (Å²) in [7, 11) is 0. The Bertz CT molecular complexity index is 1350. The van der Waals surface area contributed by atoms with Crippen molar-refractivity contribution in [1.29, 1.82) is 0 Å². The molecule has 5 rings (SSSR count). The molecule has 3 heterocycles. The largest absolute Gasteiger partial charge is 0.355 e. The summed E-state index contributed by atoms with van der Waals surface area (Å²) in [5.41, 5.74) is 4.48. The fourth-order valence-electron chi connectivity index (χ4n) is 3.99. The lowest BCUT2D eigenvalue weighted by Gasteiger charge is -2.04. The van der Waals surface area contributed by atoms with Crippen LogP contribution in [0.25, 0.3) is 20.8 Å². The van der Waals surface area contributed by atoms with E-state index in [0.29, 0.717) is 30.3 Å². The molecule has 0 radical (unpaired) electrons. The summed E-state index contributed by atoms with van der Waals surface area (Å²) in [6.07, 6.45) is 3.85. The molecule has 0 saturated carbocycles. The smallest absolute Gasteiger partial charge is 0.259 e. The third-order valence-corrected chi connectivity index (χ3v) is 8.72. The van der Waals surface area contributed by atoms with Crippen molar-refractivity contribution in [3.63, 3.8) is 0 Å². The average molecular weight is 497 g/mol. The molecule has 33 heavy (non-hydrogen) atoms. The molecule has 0 bridgehead atoms. The summed E-state index contributed by atoms with van der Waals surface area (Å²) in [5, 5.41) is 6.78. The van der Waals surface area contributed by atoms with Gasteiger partial charge in [0, 0.05) is 28.8 Å². The Morgan fingerprint density at radius 2 is 2.06 bits per heavy atom. The maximum absolute atomic E-state index is 12.5. The van der Waals surface area contributed by atoms with E-state index in [1.165, 1.54) is 27.8 Å². The maximum atomic E-state index is 12.5. The van der Waals surface area contributed by atoms with Crippen LogP contribution in [0.5, 0.6) is 0 Å². The number of nitrogens with one attached hydrogen (secondary N) is 2. The minimum atomic E-state index is -0.0484. The van der Waals surface area contributed by atoms with Gasteiger partial charge in [0.05, 0.1) is 22.6 Å². The predicted octanol–water partition coefficient (Wildman–Crippen LogP) is 4.50. The van der Waals surface area contributed by atoms with Crippen molar-refractivity contribution < 1.29 is 4.79 Å². The number of fused-ring (bicyclic) bond motifs is 3. The van der Waals surface area contributed by atoms with Gasteiger partial charge in [-0.15, -0.1) is 34.4 Å². The Kier molecular flexibility index (Phi) is 6.62. The van der Waals surface area contributed by atoms with Crippen LogP contribution >= 0.6 is 34.4 Å². The summed E-state index contributed by atoms with van der Waals surface area (Å²) >= 11 is 4.72. The molecule has 4 aromatic rings. The first-order valence-corrected chi connectivity index (χ1v) is 13.8. The van der Waals surface area contributed by atoms with Crippen molar-refractivity contribution >= 4 is 50.6 Å². The number of hydrogen-bond donors (Lipinski definition) is 2. The number of H-pyrrole nitrogens is 1. The molecule has 0 fully saturated rings. The minimum Gasteiger partial charge on any atom is -0.355 e. The molecular weight excluding hydrogens is 472 g/mol. The van der Waals surface area contributed by atoms with E-state index in [2.05, 4.69) is 56.8 Å². The van der Waals surface area contributed by atoms with Crippen LogP contribution in [0.2, 0.25) is 0 Å². The van der Waals surface area contributed by atoms with E-state index in [4.69, 9.17) is 0 Å². The number of aromatic amines is 1. The second-order valence-electron chi connectivity index (χ2n) is 8.15. The van der Waals surface area contributed by atoms with Crippen LogP contribution in [0.4, 0.5) is 0 Å². The first-order valence-electron chi connectivity index (χ1n) is 11.0. The van der Waals surface area contributed by atoms with E-state index in [0.717, 1.165) is 45.7 Å². The molecule has 0 saturated heterocycles. The number of benzene rings is 1. The Hall–Kier alpha value is -2.49. The van der Waals surface area contributed by atoms with Crippen LogP contribution in [-0.4, -0.2) is 33.2 Å². The van der Waals surface area contributed by atoms with Crippen LogP contribution in [0.15, 0.2) is 34.4 Å². The highest BCUT2D eigenvalue weighted by atomic mass is 32.2. The highest BCUT2D eigenvalue weighted by Crippen LogP contribution is 2.34. The SMILES string of the molecule is Cc1ccc(-c2nc(CCNC(=O)CSCc3nc4sc5c(c4c(=O)[nH]3)CCC5)cs2)cc1. The fourth-order valence-corrected chi connectivity index (χ4v) is 6.85. The third-order valence-electron chi connectivity index (χ3n) is 5.65. The van der Waals surface area contributed by atoms with Gasteiger partial charge >= 0.3 is 0 Å². The zero-order chi connectivity index (χ0) is 22.8. The number of thiophene rings is 1. The van der Waals surface area contributed by atoms with Crippen molar-refractivity contribution in [3.8, 4) is 10.6 Å². The molecule has 2 N–H and O–H groups in total.